The Morgan fingerprint density at radius 1 is 1.05 bits per heavy atom. The third-order valence-electron chi connectivity index (χ3n) is 5.45. The molecule has 0 radical (unpaired) electrons. The molecular formula is C16H15ClO2. The summed E-state index contributed by atoms with van der Waals surface area (Å²) in [5.41, 5.74) is 1.15. The summed E-state index contributed by atoms with van der Waals surface area (Å²) in [6, 6.07) is 5.11. The van der Waals surface area contributed by atoms with E-state index in [2.05, 4.69) is 6.92 Å². The monoisotopic (exact) mass is 274 g/mol. The van der Waals surface area contributed by atoms with Crippen molar-refractivity contribution < 1.29 is 9.59 Å². The summed E-state index contributed by atoms with van der Waals surface area (Å²) in [7, 11) is 0. The van der Waals surface area contributed by atoms with Gasteiger partial charge in [-0.15, -0.1) is 0 Å². The van der Waals surface area contributed by atoms with Crippen LogP contribution in [0.3, 0.4) is 0 Å². The molecule has 1 aromatic rings. The van der Waals surface area contributed by atoms with Gasteiger partial charge in [0.2, 0.25) is 0 Å². The van der Waals surface area contributed by atoms with Crippen molar-refractivity contribution in [3.63, 3.8) is 0 Å². The zero-order valence-electron chi connectivity index (χ0n) is 10.7. The Morgan fingerprint density at radius 2 is 1.79 bits per heavy atom. The van der Waals surface area contributed by atoms with Gasteiger partial charge in [0.05, 0.1) is 0 Å². The van der Waals surface area contributed by atoms with Gasteiger partial charge in [0, 0.05) is 28.0 Å². The van der Waals surface area contributed by atoms with Crippen LogP contribution in [-0.4, -0.2) is 11.6 Å². The minimum Gasteiger partial charge on any atom is -0.294 e. The molecule has 0 saturated heterocycles. The second kappa shape index (κ2) is 3.69. The minimum absolute atomic E-state index is 0.0603. The first kappa shape index (κ1) is 11.7. The van der Waals surface area contributed by atoms with Crippen molar-refractivity contribution in [2.75, 3.05) is 0 Å². The van der Waals surface area contributed by atoms with Crippen LogP contribution < -0.4 is 0 Å². The zero-order valence-corrected chi connectivity index (χ0v) is 11.5. The fraction of sp³-hybridized carbons (Fsp3) is 0.500. The predicted octanol–water partition coefficient (Wildman–Crippen LogP) is 3.63. The van der Waals surface area contributed by atoms with Crippen LogP contribution in [0.25, 0.3) is 0 Å². The molecule has 1 aromatic carbocycles. The van der Waals surface area contributed by atoms with Crippen molar-refractivity contribution in [1.82, 2.24) is 0 Å². The molecular weight excluding hydrogens is 260 g/mol. The lowest BCUT2D eigenvalue weighted by atomic mass is 9.65. The number of ketones is 2. The van der Waals surface area contributed by atoms with Gasteiger partial charge in [-0.05, 0) is 48.8 Å². The summed E-state index contributed by atoms with van der Waals surface area (Å²) >= 11 is 5.97. The van der Waals surface area contributed by atoms with Crippen LogP contribution in [0, 0.1) is 29.6 Å². The van der Waals surface area contributed by atoms with Gasteiger partial charge in [-0.2, -0.15) is 0 Å². The maximum Gasteiger partial charge on any atom is 0.167 e. The molecule has 2 saturated carbocycles. The van der Waals surface area contributed by atoms with Crippen LogP contribution in [0.15, 0.2) is 18.2 Å². The Hall–Kier alpha value is -1.15. The van der Waals surface area contributed by atoms with Gasteiger partial charge in [-0.25, -0.2) is 0 Å². The van der Waals surface area contributed by atoms with Gasteiger partial charge in [-0.1, -0.05) is 18.5 Å². The fourth-order valence-corrected chi connectivity index (χ4v) is 4.88. The molecule has 0 spiro atoms. The van der Waals surface area contributed by atoms with Crippen LogP contribution in [0.1, 0.15) is 40.5 Å². The van der Waals surface area contributed by atoms with E-state index in [4.69, 9.17) is 11.6 Å². The number of carbonyl (C=O) groups is 2. The molecule has 2 bridgehead atoms. The first-order valence-electron chi connectivity index (χ1n) is 6.96. The highest BCUT2D eigenvalue weighted by atomic mass is 35.5. The average molecular weight is 275 g/mol. The number of carbonyl (C=O) groups excluding carboxylic acids is 2. The summed E-state index contributed by atoms with van der Waals surface area (Å²) < 4.78 is 0. The number of hydrogen-bond donors (Lipinski definition) is 0. The van der Waals surface area contributed by atoms with E-state index in [1.165, 1.54) is 0 Å². The third-order valence-corrected chi connectivity index (χ3v) is 5.69. The Balaban J connectivity index is 1.88. The summed E-state index contributed by atoms with van der Waals surface area (Å²) in [4.78, 5) is 25.4. The second-order valence-electron chi connectivity index (χ2n) is 6.34. The molecule has 98 valence electrons. The molecule has 5 unspecified atom stereocenters. The number of fused-ring (bicyclic) bond motifs is 6. The SMILES string of the molecule is CC1CC2CC1C1C(=O)c3ccc(Cl)cc3C(=O)C21. The van der Waals surface area contributed by atoms with Crippen LogP contribution in [0.4, 0.5) is 0 Å². The largest absolute Gasteiger partial charge is 0.294 e. The van der Waals surface area contributed by atoms with E-state index in [1.54, 1.807) is 18.2 Å². The summed E-state index contributed by atoms with van der Waals surface area (Å²) in [5.74, 6) is 1.60. The summed E-state index contributed by atoms with van der Waals surface area (Å²) in [6.45, 7) is 2.22. The first-order valence-corrected chi connectivity index (χ1v) is 7.33. The zero-order chi connectivity index (χ0) is 13.3. The Kier molecular flexibility index (Phi) is 2.27. The number of rotatable bonds is 0. The van der Waals surface area contributed by atoms with E-state index in [0.717, 1.165) is 12.8 Å². The van der Waals surface area contributed by atoms with Crippen molar-refractivity contribution >= 4 is 23.2 Å². The van der Waals surface area contributed by atoms with Gasteiger partial charge in [0.25, 0.3) is 0 Å². The van der Waals surface area contributed by atoms with Gasteiger partial charge < -0.3 is 0 Å². The standard InChI is InChI=1S/C16H15ClO2/c1-7-4-8-5-11(7)14-13(8)16(19)12-6-9(17)2-3-10(12)15(14)18/h2-3,6-8,11,13-14H,4-5H2,1H3. The average Bonchev–Trinajstić information content (AvgIpc) is 2.92. The molecule has 2 fully saturated rings. The van der Waals surface area contributed by atoms with E-state index in [1.807, 2.05) is 0 Å². The molecule has 3 aliphatic rings. The van der Waals surface area contributed by atoms with E-state index in [0.29, 0.717) is 33.9 Å². The molecule has 2 nitrogen and oxygen atoms in total. The molecule has 0 heterocycles. The highest BCUT2D eigenvalue weighted by molar-refractivity contribution is 6.31. The predicted molar refractivity (Wildman–Crippen MR) is 72.5 cm³/mol. The Labute approximate surface area is 117 Å². The Bertz CT molecular complexity index is 607. The van der Waals surface area contributed by atoms with Gasteiger partial charge >= 0.3 is 0 Å². The maximum atomic E-state index is 12.7. The molecule has 4 rings (SSSR count). The summed E-state index contributed by atoms with van der Waals surface area (Å²) in [6.07, 6.45) is 2.15. The maximum absolute atomic E-state index is 12.7. The van der Waals surface area contributed by atoms with Crippen LogP contribution in [0.2, 0.25) is 5.02 Å². The van der Waals surface area contributed by atoms with E-state index >= 15 is 0 Å². The lowest BCUT2D eigenvalue weighted by molar-refractivity contribution is 0.0616. The molecule has 19 heavy (non-hydrogen) atoms. The van der Waals surface area contributed by atoms with Crippen molar-refractivity contribution in [1.29, 1.82) is 0 Å². The normalized spacial score (nSPS) is 39.4. The molecule has 0 aromatic heterocycles. The highest BCUT2D eigenvalue weighted by Crippen LogP contribution is 2.58. The lowest BCUT2D eigenvalue weighted by Crippen LogP contribution is -2.42. The van der Waals surface area contributed by atoms with Crippen molar-refractivity contribution in [2.24, 2.45) is 29.6 Å². The highest BCUT2D eigenvalue weighted by Gasteiger charge is 2.58. The molecule has 0 N–H and O–H groups in total. The van der Waals surface area contributed by atoms with Crippen molar-refractivity contribution in [3.8, 4) is 0 Å². The third kappa shape index (κ3) is 1.38. The van der Waals surface area contributed by atoms with Crippen LogP contribution >= 0.6 is 11.6 Å². The van der Waals surface area contributed by atoms with E-state index in [-0.39, 0.29) is 23.4 Å². The van der Waals surface area contributed by atoms with Gasteiger partial charge in [0.15, 0.2) is 11.6 Å². The van der Waals surface area contributed by atoms with Crippen molar-refractivity contribution in [3.05, 3.63) is 34.3 Å². The molecule has 5 atom stereocenters. The van der Waals surface area contributed by atoms with Crippen molar-refractivity contribution in [2.45, 2.75) is 19.8 Å². The van der Waals surface area contributed by atoms with Crippen LogP contribution in [-0.2, 0) is 0 Å². The number of halogens is 1. The fourth-order valence-electron chi connectivity index (χ4n) is 4.71. The number of Topliss-reactive ketones (excluding diaryl/α,β-unsaturated/α-hetero) is 2. The summed E-state index contributed by atoms with van der Waals surface area (Å²) in [5, 5.41) is 0.537. The molecule has 3 heteroatoms. The van der Waals surface area contributed by atoms with E-state index in [9.17, 15) is 9.59 Å². The lowest BCUT2D eigenvalue weighted by Gasteiger charge is -2.36. The molecule has 0 amide bonds. The number of hydrogen-bond acceptors (Lipinski definition) is 2. The minimum atomic E-state index is -0.0698. The van der Waals surface area contributed by atoms with Gasteiger partial charge in [-0.3, -0.25) is 9.59 Å². The van der Waals surface area contributed by atoms with Crippen LogP contribution in [0.5, 0.6) is 0 Å². The molecule has 0 aliphatic heterocycles. The second-order valence-corrected chi connectivity index (χ2v) is 6.78. The molecule has 3 aliphatic carbocycles. The topological polar surface area (TPSA) is 34.1 Å². The quantitative estimate of drug-likeness (QED) is 0.724. The van der Waals surface area contributed by atoms with Gasteiger partial charge in [0.1, 0.15) is 0 Å². The van der Waals surface area contributed by atoms with E-state index < -0.39 is 0 Å². The first-order chi connectivity index (χ1) is 9.08. The smallest absolute Gasteiger partial charge is 0.167 e. The number of benzene rings is 1. The Morgan fingerprint density at radius 3 is 2.58 bits per heavy atom.